The van der Waals surface area contributed by atoms with E-state index in [1.807, 2.05) is 0 Å². The molecule has 2 atom stereocenters. The number of benzene rings is 1. The second-order valence-corrected chi connectivity index (χ2v) is 4.99. The first-order chi connectivity index (χ1) is 7.75. The molecule has 0 bridgehead atoms. The number of likely N-dealkylation sites (tertiary alicyclic amines) is 1. The molecular formula is C14H22N2. The third-order valence-electron chi connectivity index (χ3n) is 3.53. The highest BCUT2D eigenvalue weighted by molar-refractivity contribution is 5.14. The fourth-order valence-corrected chi connectivity index (χ4v) is 2.43. The van der Waals surface area contributed by atoms with Crippen LogP contribution < -0.4 is 5.73 Å². The Morgan fingerprint density at radius 3 is 2.62 bits per heavy atom. The van der Waals surface area contributed by atoms with E-state index in [2.05, 4.69) is 42.2 Å². The van der Waals surface area contributed by atoms with Gasteiger partial charge >= 0.3 is 0 Å². The van der Waals surface area contributed by atoms with Crippen molar-refractivity contribution >= 4 is 0 Å². The molecule has 2 unspecified atom stereocenters. The van der Waals surface area contributed by atoms with Crippen molar-refractivity contribution in [3.8, 4) is 0 Å². The van der Waals surface area contributed by atoms with Crippen LogP contribution in [0.15, 0.2) is 30.3 Å². The summed E-state index contributed by atoms with van der Waals surface area (Å²) in [6.45, 7) is 5.70. The maximum atomic E-state index is 6.01. The van der Waals surface area contributed by atoms with Gasteiger partial charge in [-0.3, -0.25) is 0 Å². The van der Waals surface area contributed by atoms with Gasteiger partial charge < -0.3 is 10.6 Å². The van der Waals surface area contributed by atoms with Crippen molar-refractivity contribution < 1.29 is 0 Å². The average Bonchev–Trinajstić information content (AvgIpc) is 2.60. The second-order valence-electron chi connectivity index (χ2n) is 4.99. The minimum Gasteiger partial charge on any atom is -0.326 e. The summed E-state index contributed by atoms with van der Waals surface area (Å²) < 4.78 is 0. The van der Waals surface area contributed by atoms with E-state index in [0.717, 1.165) is 6.54 Å². The van der Waals surface area contributed by atoms with E-state index in [1.165, 1.54) is 31.5 Å². The van der Waals surface area contributed by atoms with Gasteiger partial charge in [-0.15, -0.1) is 0 Å². The summed E-state index contributed by atoms with van der Waals surface area (Å²) in [7, 11) is 0. The molecule has 1 aromatic rings. The molecular weight excluding hydrogens is 196 g/mol. The van der Waals surface area contributed by atoms with Crippen molar-refractivity contribution in [2.24, 2.45) is 11.7 Å². The van der Waals surface area contributed by atoms with Crippen LogP contribution in [0.2, 0.25) is 0 Å². The van der Waals surface area contributed by atoms with Crippen LogP contribution in [-0.2, 0) is 6.42 Å². The largest absolute Gasteiger partial charge is 0.326 e. The Morgan fingerprint density at radius 2 is 2.00 bits per heavy atom. The molecule has 88 valence electrons. The van der Waals surface area contributed by atoms with Crippen molar-refractivity contribution in [1.82, 2.24) is 4.90 Å². The summed E-state index contributed by atoms with van der Waals surface area (Å²) >= 11 is 0. The molecule has 2 rings (SSSR count). The summed E-state index contributed by atoms with van der Waals surface area (Å²) in [5.41, 5.74) is 7.45. The fourth-order valence-electron chi connectivity index (χ4n) is 2.43. The lowest BCUT2D eigenvalue weighted by Crippen LogP contribution is -2.29. The summed E-state index contributed by atoms with van der Waals surface area (Å²) in [5, 5.41) is 0. The topological polar surface area (TPSA) is 29.3 Å². The number of aryl methyl sites for hydroxylation is 1. The fraction of sp³-hybridized carbons (Fsp3) is 0.571. The number of hydrogen-bond acceptors (Lipinski definition) is 2. The molecule has 2 nitrogen and oxygen atoms in total. The molecule has 0 spiro atoms. The summed E-state index contributed by atoms with van der Waals surface area (Å²) in [5.74, 6) is 0.664. The maximum absolute atomic E-state index is 6.01. The average molecular weight is 218 g/mol. The Labute approximate surface area is 98.4 Å². The first kappa shape index (κ1) is 11.6. The predicted molar refractivity (Wildman–Crippen MR) is 68.3 cm³/mol. The molecule has 2 N–H and O–H groups in total. The van der Waals surface area contributed by atoms with Crippen molar-refractivity contribution in [2.45, 2.75) is 25.8 Å². The first-order valence-electron chi connectivity index (χ1n) is 6.27. The predicted octanol–water partition coefficient (Wildman–Crippen LogP) is 1.90. The Kier molecular flexibility index (Phi) is 3.97. The van der Waals surface area contributed by atoms with Gasteiger partial charge in [0.15, 0.2) is 0 Å². The normalized spacial score (nSPS) is 26.1. The summed E-state index contributed by atoms with van der Waals surface area (Å²) in [4.78, 5) is 2.50. The third-order valence-corrected chi connectivity index (χ3v) is 3.53. The molecule has 0 amide bonds. The second kappa shape index (κ2) is 5.46. The SMILES string of the molecule is CC1CN(CCCc2ccccc2)CC1N. The van der Waals surface area contributed by atoms with Crippen LogP contribution in [-0.4, -0.2) is 30.6 Å². The molecule has 1 heterocycles. The van der Waals surface area contributed by atoms with E-state index in [-0.39, 0.29) is 0 Å². The van der Waals surface area contributed by atoms with Crippen molar-refractivity contribution in [2.75, 3.05) is 19.6 Å². The van der Waals surface area contributed by atoms with Crippen LogP contribution in [0.25, 0.3) is 0 Å². The van der Waals surface area contributed by atoms with Crippen LogP contribution in [0.1, 0.15) is 18.9 Å². The van der Waals surface area contributed by atoms with Gasteiger partial charge in [-0.1, -0.05) is 37.3 Å². The lowest BCUT2D eigenvalue weighted by atomic mass is 10.1. The molecule has 0 aliphatic carbocycles. The molecule has 1 aliphatic heterocycles. The molecule has 1 aromatic carbocycles. The highest BCUT2D eigenvalue weighted by atomic mass is 15.2. The molecule has 1 aliphatic rings. The number of nitrogens with two attached hydrogens (primary N) is 1. The van der Waals surface area contributed by atoms with Gasteiger partial charge in [0.2, 0.25) is 0 Å². The zero-order chi connectivity index (χ0) is 11.4. The summed E-state index contributed by atoms with van der Waals surface area (Å²) in [6, 6.07) is 11.1. The monoisotopic (exact) mass is 218 g/mol. The van der Waals surface area contributed by atoms with E-state index in [4.69, 9.17) is 5.73 Å². The van der Waals surface area contributed by atoms with Crippen molar-refractivity contribution in [1.29, 1.82) is 0 Å². The Bertz CT molecular complexity index is 300. The highest BCUT2D eigenvalue weighted by Crippen LogP contribution is 2.15. The van der Waals surface area contributed by atoms with Gasteiger partial charge in [-0.05, 0) is 30.9 Å². The van der Waals surface area contributed by atoms with Gasteiger partial charge in [0.1, 0.15) is 0 Å². The first-order valence-corrected chi connectivity index (χ1v) is 6.27. The van der Waals surface area contributed by atoms with Gasteiger partial charge in [0.05, 0.1) is 0 Å². The zero-order valence-electron chi connectivity index (χ0n) is 10.1. The molecule has 0 radical (unpaired) electrons. The van der Waals surface area contributed by atoms with E-state index in [9.17, 15) is 0 Å². The minimum atomic E-state index is 0.386. The number of rotatable bonds is 4. The van der Waals surface area contributed by atoms with E-state index in [1.54, 1.807) is 0 Å². The van der Waals surface area contributed by atoms with Crippen LogP contribution in [0.5, 0.6) is 0 Å². The Morgan fingerprint density at radius 1 is 1.25 bits per heavy atom. The standard InChI is InChI=1S/C14H22N2/c1-12-10-16(11-14(12)15)9-5-8-13-6-3-2-4-7-13/h2-4,6-7,12,14H,5,8-11,15H2,1H3. The number of nitrogens with zero attached hydrogens (tertiary/aromatic N) is 1. The number of hydrogen-bond donors (Lipinski definition) is 1. The lowest BCUT2D eigenvalue weighted by molar-refractivity contribution is 0.322. The zero-order valence-corrected chi connectivity index (χ0v) is 10.1. The molecule has 0 saturated carbocycles. The highest BCUT2D eigenvalue weighted by Gasteiger charge is 2.25. The summed E-state index contributed by atoms with van der Waals surface area (Å²) in [6.07, 6.45) is 2.42. The van der Waals surface area contributed by atoms with Crippen LogP contribution in [0.3, 0.4) is 0 Å². The van der Waals surface area contributed by atoms with Crippen LogP contribution in [0.4, 0.5) is 0 Å². The quantitative estimate of drug-likeness (QED) is 0.836. The van der Waals surface area contributed by atoms with E-state index < -0.39 is 0 Å². The Hall–Kier alpha value is -0.860. The van der Waals surface area contributed by atoms with E-state index >= 15 is 0 Å². The Balaban J connectivity index is 1.69. The van der Waals surface area contributed by atoms with Gasteiger partial charge in [0, 0.05) is 19.1 Å². The lowest BCUT2D eigenvalue weighted by Gasteiger charge is -2.14. The minimum absolute atomic E-state index is 0.386. The molecule has 1 saturated heterocycles. The van der Waals surface area contributed by atoms with Crippen molar-refractivity contribution in [3.63, 3.8) is 0 Å². The van der Waals surface area contributed by atoms with Gasteiger partial charge in [0.25, 0.3) is 0 Å². The van der Waals surface area contributed by atoms with Gasteiger partial charge in [-0.25, -0.2) is 0 Å². The molecule has 2 heteroatoms. The van der Waals surface area contributed by atoms with Crippen LogP contribution >= 0.6 is 0 Å². The van der Waals surface area contributed by atoms with Gasteiger partial charge in [-0.2, -0.15) is 0 Å². The molecule has 1 fully saturated rings. The molecule has 16 heavy (non-hydrogen) atoms. The smallest absolute Gasteiger partial charge is 0.0206 e. The van der Waals surface area contributed by atoms with Crippen molar-refractivity contribution in [3.05, 3.63) is 35.9 Å². The van der Waals surface area contributed by atoms with Crippen LogP contribution in [0, 0.1) is 5.92 Å². The molecule has 0 aromatic heterocycles. The maximum Gasteiger partial charge on any atom is 0.0206 e. The third kappa shape index (κ3) is 3.06. The van der Waals surface area contributed by atoms with E-state index in [0.29, 0.717) is 12.0 Å².